The number of Topliss-reactive ketones (excluding diaryl/α,β-unsaturated/α-hetero) is 1. The summed E-state index contributed by atoms with van der Waals surface area (Å²) in [6.07, 6.45) is 7.42. The predicted molar refractivity (Wildman–Crippen MR) is 73.6 cm³/mol. The van der Waals surface area contributed by atoms with Gasteiger partial charge in [0, 0.05) is 5.56 Å². The van der Waals surface area contributed by atoms with E-state index in [1.54, 1.807) is 6.92 Å². The minimum absolute atomic E-state index is 0.145. The van der Waals surface area contributed by atoms with E-state index in [2.05, 4.69) is 25.6 Å². The molecule has 0 saturated heterocycles. The van der Waals surface area contributed by atoms with Crippen LogP contribution in [0.1, 0.15) is 54.6 Å². The normalized spacial score (nSPS) is 10.2. The first-order valence-corrected chi connectivity index (χ1v) is 6.42. The summed E-state index contributed by atoms with van der Waals surface area (Å²) in [7, 11) is 0. The van der Waals surface area contributed by atoms with Crippen LogP contribution in [0.2, 0.25) is 0 Å². The highest BCUT2D eigenvalue weighted by Gasteiger charge is 2.06. The Morgan fingerprint density at radius 3 is 2.65 bits per heavy atom. The summed E-state index contributed by atoms with van der Waals surface area (Å²) in [5, 5.41) is 0. The first kappa shape index (κ1) is 13.7. The number of carbonyl (C=O) groups excluding carboxylic acids is 1. The standard InChI is InChI=1S/C16H22O/c1-4-6-8-14-10-11-15(13(3)17)12-16(14)9-7-5-2/h5,10-12H,2,4,6-9H2,1,3H3. The van der Waals surface area contributed by atoms with Crippen LogP contribution < -0.4 is 0 Å². The third-order valence-electron chi connectivity index (χ3n) is 3.03. The van der Waals surface area contributed by atoms with Crippen molar-refractivity contribution in [3.8, 4) is 0 Å². The third-order valence-corrected chi connectivity index (χ3v) is 3.03. The smallest absolute Gasteiger partial charge is 0.159 e. The van der Waals surface area contributed by atoms with E-state index in [0.29, 0.717) is 0 Å². The number of benzene rings is 1. The fourth-order valence-electron chi connectivity index (χ4n) is 1.95. The third kappa shape index (κ3) is 4.18. The van der Waals surface area contributed by atoms with Gasteiger partial charge in [0.1, 0.15) is 0 Å². The Balaban J connectivity index is 2.93. The van der Waals surface area contributed by atoms with Crippen LogP contribution in [0, 0.1) is 0 Å². The first-order valence-electron chi connectivity index (χ1n) is 6.42. The summed E-state index contributed by atoms with van der Waals surface area (Å²) < 4.78 is 0. The number of hydrogen-bond donors (Lipinski definition) is 0. The van der Waals surface area contributed by atoms with E-state index in [9.17, 15) is 4.79 Å². The zero-order valence-corrected chi connectivity index (χ0v) is 11.0. The monoisotopic (exact) mass is 230 g/mol. The van der Waals surface area contributed by atoms with E-state index in [0.717, 1.165) is 24.8 Å². The van der Waals surface area contributed by atoms with Gasteiger partial charge in [-0.1, -0.05) is 31.6 Å². The Bertz CT molecular complexity index is 391. The van der Waals surface area contributed by atoms with Gasteiger partial charge in [0.25, 0.3) is 0 Å². The summed E-state index contributed by atoms with van der Waals surface area (Å²) in [5.74, 6) is 0.145. The Labute approximate surface area is 105 Å². The van der Waals surface area contributed by atoms with Gasteiger partial charge in [-0.2, -0.15) is 0 Å². The predicted octanol–water partition coefficient (Wildman–Crippen LogP) is 4.35. The Morgan fingerprint density at radius 2 is 2.06 bits per heavy atom. The first-order chi connectivity index (χ1) is 8.19. The molecule has 0 spiro atoms. The van der Waals surface area contributed by atoms with Crippen molar-refractivity contribution >= 4 is 5.78 Å². The fourth-order valence-corrected chi connectivity index (χ4v) is 1.95. The summed E-state index contributed by atoms with van der Waals surface area (Å²) in [4.78, 5) is 11.4. The highest BCUT2D eigenvalue weighted by Crippen LogP contribution is 2.17. The van der Waals surface area contributed by atoms with Crippen molar-refractivity contribution in [3.05, 3.63) is 47.5 Å². The van der Waals surface area contributed by atoms with Gasteiger partial charge >= 0.3 is 0 Å². The van der Waals surface area contributed by atoms with Crippen LogP contribution in [0.15, 0.2) is 30.9 Å². The van der Waals surface area contributed by atoms with Crippen molar-refractivity contribution in [2.75, 3.05) is 0 Å². The average molecular weight is 230 g/mol. The second kappa shape index (κ2) is 7.05. The van der Waals surface area contributed by atoms with Gasteiger partial charge in [0.2, 0.25) is 0 Å². The van der Waals surface area contributed by atoms with Crippen molar-refractivity contribution in [2.45, 2.75) is 46.0 Å². The summed E-state index contributed by atoms with van der Waals surface area (Å²) in [6, 6.07) is 6.12. The average Bonchev–Trinajstić information content (AvgIpc) is 2.34. The largest absolute Gasteiger partial charge is 0.295 e. The fraction of sp³-hybridized carbons (Fsp3) is 0.438. The van der Waals surface area contributed by atoms with Crippen LogP contribution in [-0.4, -0.2) is 5.78 Å². The molecule has 0 saturated carbocycles. The lowest BCUT2D eigenvalue weighted by Crippen LogP contribution is -1.99. The highest BCUT2D eigenvalue weighted by molar-refractivity contribution is 5.94. The number of ketones is 1. The lowest BCUT2D eigenvalue weighted by atomic mass is 9.95. The molecule has 0 fully saturated rings. The van der Waals surface area contributed by atoms with Gasteiger partial charge in [-0.05, 0) is 49.8 Å². The molecule has 0 atom stereocenters. The minimum Gasteiger partial charge on any atom is -0.295 e. The zero-order valence-electron chi connectivity index (χ0n) is 11.0. The molecule has 0 unspecified atom stereocenters. The lowest BCUT2D eigenvalue weighted by molar-refractivity contribution is 0.101. The molecule has 1 aromatic rings. The van der Waals surface area contributed by atoms with E-state index in [1.165, 1.54) is 24.0 Å². The molecule has 0 amide bonds. The van der Waals surface area contributed by atoms with Crippen molar-refractivity contribution < 1.29 is 4.79 Å². The molecule has 0 aliphatic carbocycles. The molecular weight excluding hydrogens is 208 g/mol. The number of unbranched alkanes of at least 4 members (excludes halogenated alkanes) is 1. The summed E-state index contributed by atoms with van der Waals surface area (Å²) >= 11 is 0. The maximum absolute atomic E-state index is 11.4. The van der Waals surface area contributed by atoms with E-state index in [1.807, 2.05) is 12.1 Å². The number of allylic oxidation sites excluding steroid dienone is 1. The van der Waals surface area contributed by atoms with Crippen LogP contribution in [0.4, 0.5) is 0 Å². The number of hydrogen-bond acceptors (Lipinski definition) is 1. The van der Waals surface area contributed by atoms with Gasteiger partial charge in [-0.3, -0.25) is 4.79 Å². The molecule has 1 rings (SSSR count). The van der Waals surface area contributed by atoms with Crippen molar-refractivity contribution in [3.63, 3.8) is 0 Å². The molecule has 0 radical (unpaired) electrons. The molecule has 0 aliphatic heterocycles. The van der Waals surface area contributed by atoms with Crippen molar-refractivity contribution in [1.82, 2.24) is 0 Å². The molecule has 0 aromatic heterocycles. The molecule has 0 aliphatic rings. The van der Waals surface area contributed by atoms with E-state index in [-0.39, 0.29) is 5.78 Å². The van der Waals surface area contributed by atoms with Gasteiger partial charge < -0.3 is 0 Å². The molecule has 92 valence electrons. The maximum atomic E-state index is 11.4. The molecule has 1 heteroatoms. The van der Waals surface area contributed by atoms with E-state index >= 15 is 0 Å². The van der Waals surface area contributed by atoms with Gasteiger partial charge in [0.15, 0.2) is 5.78 Å². The number of aryl methyl sites for hydroxylation is 2. The van der Waals surface area contributed by atoms with Crippen LogP contribution in [-0.2, 0) is 12.8 Å². The quantitative estimate of drug-likeness (QED) is 0.502. The van der Waals surface area contributed by atoms with E-state index in [4.69, 9.17) is 0 Å². The second-order valence-corrected chi connectivity index (χ2v) is 4.47. The van der Waals surface area contributed by atoms with Crippen LogP contribution in [0.25, 0.3) is 0 Å². The van der Waals surface area contributed by atoms with Crippen LogP contribution in [0.3, 0.4) is 0 Å². The van der Waals surface area contributed by atoms with Crippen molar-refractivity contribution in [2.24, 2.45) is 0 Å². The summed E-state index contributed by atoms with van der Waals surface area (Å²) in [5.41, 5.74) is 3.52. The second-order valence-electron chi connectivity index (χ2n) is 4.47. The van der Waals surface area contributed by atoms with Crippen molar-refractivity contribution in [1.29, 1.82) is 0 Å². The number of carbonyl (C=O) groups is 1. The summed E-state index contributed by atoms with van der Waals surface area (Å²) in [6.45, 7) is 7.58. The molecule has 0 heterocycles. The Kier molecular flexibility index (Phi) is 5.68. The highest BCUT2D eigenvalue weighted by atomic mass is 16.1. The topological polar surface area (TPSA) is 17.1 Å². The van der Waals surface area contributed by atoms with Gasteiger partial charge in [-0.25, -0.2) is 0 Å². The minimum atomic E-state index is 0.145. The zero-order chi connectivity index (χ0) is 12.7. The Hall–Kier alpha value is -1.37. The molecule has 0 N–H and O–H groups in total. The number of rotatable bonds is 7. The van der Waals surface area contributed by atoms with Crippen LogP contribution in [0.5, 0.6) is 0 Å². The van der Waals surface area contributed by atoms with E-state index < -0.39 is 0 Å². The molecule has 1 aromatic carbocycles. The molecular formula is C16H22O. The van der Waals surface area contributed by atoms with Gasteiger partial charge in [0.05, 0.1) is 0 Å². The maximum Gasteiger partial charge on any atom is 0.159 e. The SMILES string of the molecule is C=CCCc1cc(C(C)=O)ccc1CCCC. The van der Waals surface area contributed by atoms with Crippen LogP contribution >= 0.6 is 0 Å². The molecule has 0 bridgehead atoms. The van der Waals surface area contributed by atoms with Gasteiger partial charge in [-0.15, -0.1) is 6.58 Å². The molecule has 1 nitrogen and oxygen atoms in total. The molecule has 17 heavy (non-hydrogen) atoms. The lowest BCUT2D eigenvalue weighted by Gasteiger charge is -2.10. The Morgan fingerprint density at radius 1 is 1.29 bits per heavy atom.